The Morgan fingerprint density at radius 2 is 1.67 bits per heavy atom. The monoisotopic (exact) mass is 383 g/mol. The van der Waals surface area contributed by atoms with E-state index in [1.165, 1.54) is 12.1 Å². The lowest BCUT2D eigenvalue weighted by Crippen LogP contribution is -2.21. The van der Waals surface area contributed by atoms with Crippen molar-refractivity contribution in [1.29, 1.82) is 0 Å². The number of hydrogen-bond acceptors (Lipinski definition) is 4. The molecule has 2 aromatic carbocycles. The van der Waals surface area contributed by atoms with E-state index in [4.69, 9.17) is 14.2 Å². The van der Waals surface area contributed by atoms with E-state index in [2.05, 4.69) is 5.32 Å². The number of anilines is 1. The highest BCUT2D eigenvalue weighted by molar-refractivity contribution is 5.93. The molecule has 0 aliphatic carbocycles. The fourth-order valence-corrected chi connectivity index (χ4v) is 2.24. The summed E-state index contributed by atoms with van der Waals surface area (Å²) in [5.41, 5.74) is -0.455. The number of ether oxygens (including phenoxy) is 3. The lowest BCUT2D eigenvalue weighted by atomic mass is 10.2. The average Bonchev–Trinajstić information content (AvgIpc) is 2.62. The largest absolute Gasteiger partial charge is 0.494 e. The van der Waals surface area contributed by atoms with Crippen molar-refractivity contribution in [2.75, 3.05) is 25.1 Å². The van der Waals surface area contributed by atoms with Crippen LogP contribution in [-0.2, 0) is 11.0 Å². The van der Waals surface area contributed by atoms with Crippen LogP contribution in [0.2, 0.25) is 0 Å². The van der Waals surface area contributed by atoms with Gasteiger partial charge in [0.05, 0.1) is 24.5 Å². The summed E-state index contributed by atoms with van der Waals surface area (Å²) in [5, 5.41) is 2.62. The van der Waals surface area contributed by atoms with Crippen LogP contribution in [0.25, 0.3) is 0 Å². The summed E-state index contributed by atoms with van der Waals surface area (Å²) >= 11 is 0. The zero-order valence-corrected chi connectivity index (χ0v) is 14.9. The maximum absolute atomic E-state index is 12.7. The van der Waals surface area contributed by atoms with Crippen LogP contribution in [0.1, 0.15) is 19.4 Å². The quantitative estimate of drug-likeness (QED) is 0.728. The van der Waals surface area contributed by atoms with Crippen LogP contribution in [0, 0.1) is 0 Å². The Morgan fingerprint density at radius 1 is 0.963 bits per heavy atom. The van der Waals surface area contributed by atoms with Gasteiger partial charge in [0.15, 0.2) is 6.61 Å². The van der Waals surface area contributed by atoms with Crippen molar-refractivity contribution in [2.45, 2.75) is 20.0 Å². The van der Waals surface area contributed by atoms with Crippen LogP contribution < -0.4 is 19.5 Å². The Bertz CT molecular complexity index is 778. The van der Waals surface area contributed by atoms with Crippen molar-refractivity contribution in [1.82, 2.24) is 0 Å². The molecule has 0 saturated carbocycles. The summed E-state index contributed by atoms with van der Waals surface area (Å²) in [5.74, 6) is 0.415. The number of hydrogen-bond donors (Lipinski definition) is 1. The van der Waals surface area contributed by atoms with Gasteiger partial charge in [0.1, 0.15) is 17.2 Å². The Hall–Kier alpha value is -2.90. The Balaban J connectivity index is 2.04. The zero-order chi connectivity index (χ0) is 19.9. The van der Waals surface area contributed by atoms with Crippen molar-refractivity contribution >= 4 is 11.6 Å². The molecule has 0 bridgehead atoms. The van der Waals surface area contributed by atoms with E-state index in [1.807, 2.05) is 6.92 Å². The number of alkyl halides is 3. The first-order valence-corrected chi connectivity index (χ1v) is 8.33. The summed E-state index contributed by atoms with van der Waals surface area (Å²) in [7, 11) is 0. The van der Waals surface area contributed by atoms with Gasteiger partial charge >= 0.3 is 6.18 Å². The van der Waals surface area contributed by atoms with Gasteiger partial charge in [-0.2, -0.15) is 13.2 Å². The van der Waals surface area contributed by atoms with Crippen molar-refractivity contribution in [3.63, 3.8) is 0 Å². The number of amides is 1. The Kier molecular flexibility index (Phi) is 6.92. The van der Waals surface area contributed by atoms with Crippen molar-refractivity contribution in [3.8, 4) is 17.2 Å². The second-order valence-electron chi connectivity index (χ2n) is 5.39. The second-order valence-corrected chi connectivity index (χ2v) is 5.39. The van der Waals surface area contributed by atoms with Crippen LogP contribution in [0.3, 0.4) is 0 Å². The maximum atomic E-state index is 12.7. The third-order valence-electron chi connectivity index (χ3n) is 3.37. The lowest BCUT2D eigenvalue weighted by molar-refractivity contribution is -0.137. The first-order chi connectivity index (χ1) is 12.8. The molecule has 27 heavy (non-hydrogen) atoms. The minimum atomic E-state index is -4.48. The van der Waals surface area contributed by atoms with Crippen LogP contribution in [-0.4, -0.2) is 25.7 Å². The van der Waals surface area contributed by atoms with Gasteiger partial charge < -0.3 is 19.5 Å². The highest BCUT2D eigenvalue weighted by Gasteiger charge is 2.30. The normalized spacial score (nSPS) is 11.0. The molecule has 0 atom stereocenters. The first kappa shape index (κ1) is 20.4. The molecule has 0 heterocycles. The molecule has 0 aliphatic heterocycles. The van der Waals surface area contributed by atoms with Crippen LogP contribution in [0.4, 0.5) is 18.9 Å². The molecule has 0 saturated heterocycles. The van der Waals surface area contributed by atoms with Gasteiger partial charge in [-0.1, -0.05) is 6.07 Å². The summed E-state index contributed by atoms with van der Waals surface area (Å²) in [6.45, 7) is 4.04. The topological polar surface area (TPSA) is 56.8 Å². The summed E-state index contributed by atoms with van der Waals surface area (Å²) in [6, 6.07) is 9.32. The number of halogens is 3. The van der Waals surface area contributed by atoms with Gasteiger partial charge in [0.25, 0.3) is 5.91 Å². The predicted octanol–water partition coefficient (Wildman–Crippen LogP) is 4.52. The van der Waals surface area contributed by atoms with Gasteiger partial charge in [-0.25, -0.2) is 0 Å². The molecule has 2 aromatic rings. The van der Waals surface area contributed by atoms with Gasteiger partial charge in [-0.3, -0.25) is 4.79 Å². The van der Waals surface area contributed by atoms with Gasteiger partial charge in [0, 0.05) is 6.07 Å². The molecule has 0 spiro atoms. The zero-order valence-electron chi connectivity index (χ0n) is 14.9. The van der Waals surface area contributed by atoms with Gasteiger partial charge in [-0.15, -0.1) is 0 Å². The van der Waals surface area contributed by atoms with E-state index in [9.17, 15) is 18.0 Å². The Morgan fingerprint density at radius 3 is 2.33 bits per heavy atom. The van der Waals surface area contributed by atoms with E-state index in [0.29, 0.717) is 30.4 Å². The fourth-order valence-electron chi connectivity index (χ4n) is 2.24. The van der Waals surface area contributed by atoms with Crippen molar-refractivity contribution < 1.29 is 32.2 Å². The summed E-state index contributed by atoms with van der Waals surface area (Å²) < 4.78 is 54.1. The molecular formula is C19H20F3NO4. The highest BCUT2D eigenvalue weighted by Crippen LogP contribution is 2.32. The van der Waals surface area contributed by atoms with Crippen molar-refractivity contribution in [2.24, 2.45) is 0 Å². The van der Waals surface area contributed by atoms with E-state index >= 15 is 0 Å². The molecule has 146 valence electrons. The predicted molar refractivity (Wildman–Crippen MR) is 94.3 cm³/mol. The summed E-state index contributed by atoms with van der Waals surface area (Å²) in [4.78, 5) is 12.1. The lowest BCUT2D eigenvalue weighted by Gasteiger charge is -2.14. The van der Waals surface area contributed by atoms with E-state index in [0.717, 1.165) is 12.1 Å². The molecule has 1 N–H and O–H groups in total. The average molecular weight is 383 g/mol. The van der Waals surface area contributed by atoms with Crippen molar-refractivity contribution in [3.05, 3.63) is 48.0 Å². The number of rotatable bonds is 8. The number of carbonyl (C=O) groups excluding carboxylic acids is 1. The molecule has 1 amide bonds. The molecule has 8 heteroatoms. The molecule has 5 nitrogen and oxygen atoms in total. The van der Waals surface area contributed by atoms with E-state index < -0.39 is 24.3 Å². The second kappa shape index (κ2) is 9.16. The minimum absolute atomic E-state index is 0.0481. The molecule has 0 radical (unpaired) electrons. The fraction of sp³-hybridized carbons (Fsp3) is 0.316. The molecular weight excluding hydrogens is 363 g/mol. The SMILES string of the molecule is CCOc1ccc(OCC)c(NC(=O)COc2cccc(C(F)(F)F)c2)c1. The number of benzene rings is 2. The Labute approximate surface area is 155 Å². The molecule has 2 rings (SSSR count). The van der Waals surface area contributed by atoms with Crippen LogP contribution >= 0.6 is 0 Å². The molecule has 0 unspecified atom stereocenters. The minimum Gasteiger partial charge on any atom is -0.494 e. The van der Waals surface area contributed by atoms with Gasteiger partial charge in [0.2, 0.25) is 0 Å². The van der Waals surface area contributed by atoms with Crippen LogP contribution in [0.5, 0.6) is 17.2 Å². The third kappa shape index (κ3) is 6.09. The van der Waals surface area contributed by atoms with Gasteiger partial charge in [-0.05, 0) is 44.2 Å². The van der Waals surface area contributed by atoms with E-state index in [-0.39, 0.29) is 5.75 Å². The highest BCUT2D eigenvalue weighted by atomic mass is 19.4. The first-order valence-electron chi connectivity index (χ1n) is 8.33. The molecule has 0 fully saturated rings. The number of nitrogens with one attached hydrogen (secondary N) is 1. The van der Waals surface area contributed by atoms with E-state index in [1.54, 1.807) is 25.1 Å². The third-order valence-corrected chi connectivity index (χ3v) is 3.37. The molecule has 0 aromatic heterocycles. The number of carbonyl (C=O) groups is 1. The maximum Gasteiger partial charge on any atom is 0.416 e. The smallest absolute Gasteiger partial charge is 0.416 e. The standard InChI is InChI=1S/C19H20F3NO4/c1-3-25-15-8-9-17(26-4-2)16(11-15)23-18(24)12-27-14-7-5-6-13(10-14)19(20,21)22/h5-11H,3-4,12H2,1-2H3,(H,23,24). The van der Waals surface area contributed by atoms with Crippen LogP contribution in [0.15, 0.2) is 42.5 Å². The molecule has 0 aliphatic rings. The summed E-state index contributed by atoms with van der Waals surface area (Å²) in [6.07, 6.45) is -4.48.